The van der Waals surface area contributed by atoms with Crippen LogP contribution in [0.4, 0.5) is 4.39 Å². The normalized spacial score (nSPS) is 18.4. The number of benzene rings is 1. The smallest absolute Gasteiger partial charge is 0.227 e. The van der Waals surface area contributed by atoms with Crippen LogP contribution in [-0.4, -0.2) is 34.6 Å². The largest absolute Gasteiger partial charge is 0.390 e. The summed E-state index contributed by atoms with van der Waals surface area (Å²) in [5, 5.41) is 10.1. The summed E-state index contributed by atoms with van der Waals surface area (Å²) in [7, 11) is 0. The lowest BCUT2D eigenvalue weighted by Crippen LogP contribution is -2.45. The van der Waals surface area contributed by atoms with Gasteiger partial charge in [-0.1, -0.05) is 17.7 Å². The lowest BCUT2D eigenvalue weighted by atomic mass is 9.93. The summed E-state index contributed by atoms with van der Waals surface area (Å²) in [6.07, 6.45) is 1.06. The first kappa shape index (κ1) is 14.3. The van der Waals surface area contributed by atoms with Gasteiger partial charge in [-0.3, -0.25) is 4.79 Å². The second-order valence-electron chi connectivity index (χ2n) is 5.25. The molecule has 0 bridgehead atoms. The number of halogens is 2. The molecular formula is C14H17ClFNO2. The average Bonchev–Trinajstić information content (AvgIpc) is 2.33. The van der Waals surface area contributed by atoms with Gasteiger partial charge in [-0.2, -0.15) is 0 Å². The molecule has 0 spiro atoms. The summed E-state index contributed by atoms with van der Waals surface area (Å²) >= 11 is 5.91. The van der Waals surface area contributed by atoms with Crippen molar-refractivity contribution < 1.29 is 14.3 Å². The Morgan fingerprint density at radius 2 is 2.11 bits per heavy atom. The van der Waals surface area contributed by atoms with Crippen molar-refractivity contribution in [2.24, 2.45) is 0 Å². The van der Waals surface area contributed by atoms with E-state index < -0.39 is 11.4 Å². The quantitative estimate of drug-likeness (QED) is 0.906. The van der Waals surface area contributed by atoms with Crippen LogP contribution in [0.2, 0.25) is 5.02 Å². The van der Waals surface area contributed by atoms with Crippen LogP contribution in [-0.2, 0) is 11.2 Å². The number of likely N-dealkylation sites (tertiary alicyclic amines) is 1. The van der Waals surface area contributed by atoms with Gasteiger partial charge in [0.2, 0.25) is 5.91 Å². The predicted molar refractivity (Wildman–Crippen MR) is 71.6 cm³/mol. The maximum atomic E-state index is 13.6. The van der Waals surface area contributed by atoms with Crippen molar-refractivity contribution in [3.05, 3.63) is 34.6 Å². The fourth-order valence-corrected chi connectivity index (χ4v) is 2.43. The number of amides is 1. The molecule has 1 aliphatic rings. The van der Waals surface area contributed by atoms with Crippen molar-refractivity contribution in [2.75, 3.05) is 13.1 Å². The van der Waals surface area contributed by atoms with Gasteiger partial charge in [0.05, 0.1) is 12.0 Å². The average molecular weight is 286 g/mol. The molecule has 5 heteroatoms. The van der Waals surface area contributed by atoms with Crippen LogP contribution in [0.1, 0.15) is 25.3 Å². The molecule has 1 heterocycles. The molecule has 19 heavy (non-hydrogen) atoms. The summed E-state index contributed by atoms with van der Waals surface area (Å²) in [4.78, 5) is 13.8. The van der Waals surface area contributed by atoms with Crippen LogP contribution in [0.5, 0.6) is 0 Å². The maximum absolute atomic E-state index is 13.6. The molecule has 0 radical (unpaired) electrons. The standard InChI is InChI=1S/C14H17ClFNO2/c1-14(19)5-7-17(8-6-14)13(18)9-10-11(15)3-2-4-12(10)16/h2-4,19H,5-9H2,1H3. The number of carbonyl (C=O) groups excluding carboxylic acids is 1. The van der Waals surface area contributed by atoms with Crippen LogP contribution in [0, 0.1) is 5.82 Å². The van der Waals surface area contributed by atoms with Gasteiger partial charge in [-0.05, 0) is 31.9 Å². The van der Waals surface area contributed by atoms with Crippen molar-refractivity contribution in [3.8, 4) is 0 Å². The minimum Gasteiger partial charge on any atom is -0.390 e. The highest BCUT2D eigenvalue weighted by Crippen LogP contribution is 2.24. The van der Waals surface area contributed by atoms with Gasteiger partial charge in [-0.25, -0.2) is 4.39 Å². The van der Waals surface area contributed by atoms with Gasteiger partial charge in [-0.15, -0.1) is 0 Å². The Labute approximate surface area is 117 Å². The monoisotopic (exact) mass is 285 g/mol. The first-order valence-electron chi connectivity index (χ1n) is 6.32. The first-order chi connectivity index (χ1) is 8.89. The second-order valence-corrected chi connectivity index (χ2v) is 5.66. The van der Waals surface area contributed by atoms with Crippen LogP contribution in [0.15, 0.2) is 18.2 Å². The van der Waals surface area contributed by atoms with Crippen LogP contribution < -0.4 is 0 Å². The van der Waals surface area contributed by atoms with Crippen molar-refractivity contribution >= 4 is 17.5 Å². The Morgan fingerprint density at radius 3 is 2.68 bits per heavy atom. The Balaban J connectivity index is 2.02. The highest BCUT2D eigenvalue weighted by molar-refractivity contribution is 6.31. The highest BCUT2D eigenvalue weighted by Gasteiger charge is 2.29. The minimum absolute atomic E-state index is 0.0341. The molecule has 0 atom stereocenters. The maximum Gasteiger partial charge on any atom is 0.227 e. The minimum atomic E-state index is -0.702. The third-order valence-corrected chi connectivity index (χ3v) is 3.94. The molecule has 1 aromatic carbocycles. The Hall–Kier alpha value is -1.13. The summed E-state index contributed by atoms with van der Waals surface area (Å²) in [5.41, 5.74) is -0.460. The zero-order valence-electron chi connectivity index (χ0n) is 10.8. The molecule has 104 valence electrons. The predicted octanol–water partition coefficient (Wildman–Crippen LogP) is 2.40. The third kappa shape index (κ3) is 3.45. The van der Waals surface area contributed by atoms with E-state index in [0.717, 1.165) is 0 Å². The fraction of sp³-hybridized carbons (Fsp3) is 0.500. The Kier molecular flexibility index (Phi) is 4.11. The van der Waals surface area contributed by atoms with Crippen molar-refractivity contribution in [3.63, 3.8) is 0 Å². The van der Waals surface area contributed by atoms with Crippen molar-refractivity contribution in [1.29, 1.82) is 0 Å². The highest BCUT2D eigenvalue weighted by atomic mass is 35.5. The molecule has 1 aromatic rings. The zero-order valence-corrected chi connectivity index (χ0v) is 11.6. The lowest BCUT2D eigenvalue weighted by molar-refractivity contribution is -0.134. The summed E-state index contributed by atoms with van der Waals surface area (Å²) in [6, 6.07) is 4.40. The molecule has 0 unspecified atom stereocenters. The summed E-state index contributed by atoms with van der Waals surface area (Å²) in [5.74, 6) is -0.604. The summed E-state index contributed by atoms with van der Waals surface area (Å²) in [6.45, 7) is 2.76. The van der Waals surface area contributed by atoms with E-state index in [2.05, 4.69) is 0 Å². The van der Waals surface area contributed by atoms with Crippen molar-refractivity contribution in [1.82, 2.24) is 4.90 Å². The molecule has 2 rings (SSSR count). The van der Waals surface area contributed by atoms with E-state index >= 15 is 0 Å². The van der Waals surface area contributed by atoms with E-state index in [9.17, 15) is 14.3 Å². The molecule has 1 amide bonds. The van der Waals surface area contributed by atoms with E-state index in [1.54, 1.807) is 17.9 Å². The van der Waals surface area contributed by atoms with Crippen molar-refractivity contribution in [2.45, 2.75) is 31.8 Å². The zero-order chi connectivity index (χ0) is 14.0. The third-order valence-electron chi connectivity index (χ3n) is 3.58. The number of aliphatic hydroxyl groups is 1. The van der Waals surface area contributed by atoms with E-state index in [4.69, 9.17) is 11.6 Å². The number of nitrogens with zero attached hydrogens (tertiary/aromatic N) is 1. The van der Waals surface area contributed by atoms with Gasteiger partial charge in [0.15, 0.2) is 0 Å². The SMILES string of the molecule is CC1(O)CCN(C(=O)Cc2c(F)cccc2Cl)CC1. The Bertz CT molecular complexity index is 460. The lowest BCUT2D eigenvalue weighted by Gasteiger charge is -2.35. The number of carbonyl (C=O) groups is 1. The van der Waals surface area contributed by atoms with E-state index in [1.807, 2.05) is 0 Å². The van der Waals surface area contributed by atoms with Gasteiger partial charge in [0, 0.05) is 23.7 Å². The van der Waals surface area contributed by atoms with E-state index in [0.29, 0.717) is 25.9 Å². The summed E-state index contributed by atoms with van der Waals surface area (Å²) < 4.78 is 13.6. The number of hydrogen-bond acceptors (Lipinski definition) is 2. The first-order valence-corrected chi connectivity index (χ1v) is 6.70. The van der Waals surface area contributed by atoms with Gasteiger partial charge < -0.3 is 10.0 Å². The molecule has 3 nitrogen and oxygen atoms in total. The van der Waals surface area contributed by atoms with Crippen LogP contribution in [0.25, 0.3) is 0 Å². The van der Waals surface area contributed by atoms with E-state index in [1.165, 1.54) is 12.1 Å². The van der Waals surface area contributed by atoms with Gasteiger partial charge in [0.1, 0.15) is 5.82 Å². The Morgan fingerprint density at radius 1 is 1.47 bits per heavy atom. The second kappa shape index (κ2) is 5.47. The number of rotatable bonds is 2. The number of hydrogen-bond donors (Lipinski definition) is 1. The number of piperidine rings is 1. The molecular weight excluding hydrogens is 269 g/mol. The molecule has 1 saturated heterocycles. The molecule has 1 aliphatic heterocycles. The topological polar surface area (TPSA) is 40.5 Å². The van der Waals surface area contributed by atoms with Crippen LogP contribution in [0.3, 0.4) is 0 Å². The van der Waals surface area contributed by atoms with Gasteiger partial charge in [0.25, 0.3) is 0 Å². The molecule has 0 saturated carbocycles. The van der Waals surface area contributed by atoms with Crippen LogP contribution >= 0.6 is 11.6 Å². The van der Waals surface area contributed by atoms with E-state index in [-0.39, 0.29) is 22.9 Å². The van der Waals surface area contributed by atoms with Gasteiger partial charge >= 0.3 is 0 Å². The molecule has 1 N–H and O–H groups in total. The fourth-order valence-electron chi connectivity index (χ4n) is 2.20. The molecule has 0 aliphatic carbocycles. The molecule has 1 fully saturated rings. The molecule has 0 aromatic heterocycles.